The molecule has 3 aromatic rings. The summed E-state index contributed by atoms with van der Waals surface area (Å²) in [5, 5.41) is 0.986. The average molecular weight is 278 g/mol. The minimum Gasteiger partial charge on any atom is -0.398 e. The van der Waals surface area contributed by atoms with Crippen molar-refractivity contribution in [3.05, 3.63) is 60.3 Å². The van der Waals surface area contributed by atoms with E-state index in [9.17, 15) is 0 Å². The summed E-state index contributed by atoms with van der Waals surface area (Å²) in [5.74, 6) is 0. The molecule has 1 unspecified atom stereocenters. The third-order valence-electron chi connectivity index (χ3n) is 3.83. The monoisotopic (exact) mass is 278 g/mol. The van der Waals surface area contributed by atoms with E-state index in [2.05, 4.69) is 29.2 Å². The Hall–Kier alpha value is -2.39. The van der Waals surface area contributed by atoms with Crippen LogP contribution in [-0.2, 0) is 4.74 Å². The molecule has 1 heterocycles. The van der Waals surface area contributed by atoms with Crippen molar-refractivity contribution in [2.75, 3.05) is 12.8 Å². The molecule has 3 nitrogen and oxygen atoms in total. The van der Waals surface area contributed by atoms with Crippen molar-refractivity contribution in [3.63, 3.8) is 0 Å². The molecule has 106 valence electrons. The zero-order valence-electron chi connectivity index (χ0n) is 12.2. The predicted octanol–water partition coefficient (Wildman–Crippen LogP) is 4.19. The van der Waals surface area contributed by atoms with Gasteiger partial charge in [-0.05, 0) is 30.2 Å². The molecule has 0 spiro atoms. The highest BCUT2D eigenvalue weighted by atomic mass is 16.5. The van der Waals surface area contributed by atoms with E-state index in [0.717, 1.165) is 33.3 Å². The molecule has 3 heteroatoms. The molecule has 2 N–H and O–H groups in total. The molecular formula is C18H18N2O. The van der Waals surface area contributed by atoms with Crippen LogP contribution in [0.2, 0.25) is 0 Å². The zero-order valence-corrected chi connectivity index (χ0v) is 12.2. The van der Waals surface area contributed by atoms with Crippen LogP contribution in [0, 0.1) is 0 Å². The van der Waals surface area contributed by atoms with Gasteiger partial charge < -0.3 is 10.5 Å². The van der Waals surface area contributed by atoms with E-state index in [0.29, 0.717) is 0 Å². The summed E-state index contributed by atoms with van der Waals surface area (Å²) in [6, 6.07) is 16.3. The van der Waals surface area contributed by atoms with Gasteiger partial charge in [0.2, 0.25) is 0 Å². The maximum atomic E-state index is 6.04. The Morgan fingerprint density at radius 3 is 2.71 bits per heavy atom. The second kappa shape index (κ2) is 5.54. The lowest BCUT2D eigenvalue weighted by atomic mass is 9.98. The van der Waals surface area contributed by atoms with Crippen molar-refractivity contribution in [1.29, 1.82) is 0 Å². The molecule has 0 radical (unpaired) electrons. The summed E-state index contributed by atoms with van der Waals surface area (Å²) in [6.45, 7) is 2.04. The van der Waals surface area contributed by atoms with Gasteiger partial charge >= 0.3 is 0 Å². The maximum Gasteiger partial charge on any atom is 0.0800 e. The summed E-state index contributed by atoms with van der Waals surface area (Å²) in [4.78, 5) is 4.50. The number of para-hydroxylation sites is 1. The molecule has 0 saturated heterocycles. The van der Waals surface area contributed by atoms with Crippen LogP contribution in [0.4, 0.5) is 5.69 Å². The number of nitrogens with two attached hydrogens (primary N) is 1. The molecule has 3 rings (SSSR count). The van der Waals surface area contributed by atoms with Gasteiger partial charge in [-0.15, -0.1) is 0 Å². The Morgan fingerprint density at radius 2 is 1.90 bits per heavy atom. The number of anilines is 1. The number of methoxy groups -OCH3 is 1. The number of nitrogen functional groups attached to an aromatic ring is 1. The van der Waals surface area contributed by atoms with Crippen molar-refractivity contribution >= 4 is 16.6 Å². The number of nitrogens with zero attached hydrogens (tertiary/aromatic N) is 1. The first-order valence-corrected chi connectivity index (χ1v) is 6.97. The van der Waals surface area contributed by atoms with E-state index in [-0.39, 0.29) is 6.10 Å². The minimum absolute atomic E-state index is 0.0676. The Bertz CT molecular complexity index is 783. The van der Waals surface area contributed by atoms with E-state index in [1.165, 1.54) is 0 Å². The number of rotatable bonds is 3. The van der Waals surface area contributed by atoms with Gasteiger partial charge in [0.05, 0.1) is 11.6 Å². The van der Waals surface area contributed by atoms with Gasteiger partial charge in [0, 0.05) is 29.9 Å². The second-order valence-corrected chi connectivity index (χ2v) is 5.11. The lowest BCUT2D eigenvalue weighted by molar-refractivity contribution is 0.119. The standard InChI is InChI=1S/C18H18N2O/c1-12(21-2)13-5-3-6-14(11-13)15-7-4-8-16-17(19)9-10-20-18(15)16/h3-12H,1-2H3,(H2,19,20). The lowest BCUT2D eigenvalue weighted by Gasteiger charge is -2.12. The Kier molecular flexibility index (Phi) is 3.59. The molecule has 0 aliphatic rings. The van der Waals surface area contributed by atoms with Crippen molar-refractivity contribution < 1.29 is 4.74 Å². The molecule has 0 bridgehead atoms. The van der Waals surface area contributed by atoms with Crippen LogP contribution in [-0.4, -0.2) is 12.1 Å². The molecule has 0 saturated carbocycles. The molecule has 21 heavy (non-hydrogen) atoms. The number of fused-ring (bicyclic) bond motifs is 1. The summed E-state index contributed by atoms with van der Waals surface area (Å²) in [7, 11) is 1.72. The second-order valence-electron chi connectivity index (χ2n) is 5.11. The number of hydrogen-bond donors (Lipinski definition) is 1. The SMILES string of the molecule is COC(C)c1cccc(-c2cccc3c(N)ccnc23)c1. The Labute approximate surface area is 124 Å². The molecule has 0 aliphatic heterocycles. The third kappa shape index (κ3) is 2.48. The smallest absolute Gasteiger partial charge is 0.0800 e. The molecule has 0 amide bonds. The highest BCUT2D eigenvalue weighted by molar-refractivity contribution is 5.99. The van der Waals surface area contributed by atoms with E-state index in [1.54, 1.807) is 13.3 Å². The Balaban J connectivity index is 2.19. The Morgan fingerprint density at radius 1 is 1.10 bits per heavy atom. The van der Waals surface area contributed by atoms with E-state index < -0.39 is 0 Å². The molecule has 0 fully saturated rings. The summed E-state index contributed by atoms with van der Waals surface area (Å²) >= 11 is 0. The maximum absolute atomic E-state index is 6.04. The molecule has 2 aromatic carbocycles. The quantitative estimate of drug-likeness (QED) is 0.781. The van der Waals surface area contributed by atoms with Gasteiger partial charge in [-0.2, -0.15) is 0 Å². The summed E-state index contributed by atoms with van der Waals surface area (Å²) in [6.07, 6.45) is 1.82. The largest absolute Gasteiger partial charge is 0.398 e. The highest BCUT2D eigenvalue weighted by Crippen LogP contribution is 2.31. The number of pyridine rings is 1. The van der Waals surface area contributed by atoms with Gasteiger partial charge in [0.25, 0.3) is 0 Å². The van der Waals surface area contributed by atoms with Gasteiger partial charge in [0.15, 0.2) is 0 Å². The summed E-state index contributed by atoms with van der Waals surface area (Å²) < 4.78 is 5.40. The normalized spacial score (nSPS) is 12.5. The topological polar surface area (TPSA) is 48.1 Å². The average Bonchev–Trinajstić information content (AvgIpc) is 2.54. The van der Waals surface area contributed by atoms with E-state index in [4.69, 9.17) is 10.5 Å². The van der Waals surface area contributed by atoms with E-state index >= 15 is 0 Å². The first-order chi connectivity index (χ1) is 10.2. The van der Waals surface area contributed by atoms with Crippen LogP contribution in [0.1, 0.15) is 18.6 Å². The van der Waals surface area contributed by atoms with Crippen LogP contribution in [0.3, 0.4) is 0 Å². The first-order valence-electron chi connectivity index (χ1n) is 6.97. The number of benzene rings is 2. The van der Waals surface area contributed by atoms with Crippen molar-refractivity contribution in [3.8, 4) is 11.1 Å². The third-order valence-corrected chi connectivity index (χ3v) is 3.83. The van der Waals surface area contributed by atoms with Gasteiger partial charge in [-0.1, -0.05) is 36.4 Å². The number of hydrogen-bond acceptors (Lipinski definition) is 3. The van der Waals surface area contributed by atoms with E-state index in [1.807, 2.05) is 31.2 Å². The van der Waals surface area contributed by atoms with Crippen molar-refractivity contribution in [2.24, 2.45) is 0 Å². The summed E-state index contributed by atoms with van der Waals surface area (Å²) in [5.41, 5.74) is 11.1. The van der Waals surface area contributed by atoms with Crippen LogP contribution >= 0.6 is 0 Å². The van der Waals surface area contributed by atoms with Gasteiger partial charge in [-0.3, -0.25) is 4.98 Å². The molecule has 0 aliphatic carbocycles. The fraction of sp³-hybridized carbons (Fsp3) is 0.167. The minimum atomic E-state index is 0.0676. The number of aromatic nitrogens is 1. The van der Waals surface area contributed by atoms with Crippen LogP contribution in [0.25, 0.3) is 22.0 Å². The fourth-order valence-electron chi connectivity index (χ4n) is 2.53. The predicted molar refractivity (Wildman–Crippen MR) is 87.0 cm³/mol. The van der Waals surface area contributed by atoms with Crippen molar-refractivity contribution in [1.82, 2.24) is 4.98 Å². The zero-order chi connectivity index (χ0) is 14.8. The molecular weight excluding hydrogens is 260 g/mol. The van der Waals surface area contributed by atoms with Crippen molar-refractivity contribution in [2.45, 2.75) is 13.0 Å². The van der Waals surface area contributed by atoms with Gasteiger partial charge in [-0.25, -0.2) is 0 Å². The van der Waals surface area contributed by atoms with Crippen LogP contribution < -0.4 is 5.73 Å². The van der Waals surface area contributed by atoms with Crippen LogP contribution in [0.15, 0.2) is 54.7 Å². The molecule has 1 aromatic heterocycles. The molecule has 1 atom stereocenters. The highest BCUT2D eigenvalue weighted by Gasteiger charge is 2.09. The first kappa shape index (κ1) is 13.6. The lowest BCUT2D eigenvalue weighted by Crippen LogP contribution is -1.96. The van der Waals surface area contributed by atoms with Gasteiger partial charge in [0.1, 0.15) is 0 Å². The number of ether oxygens (including phenoxy) is 1. The van der Waals surface area contributed by atoms with Crippen LogP contribution in [0.5, 0.6) is 0 Å². The fourth-order valence-corrected chi connectivity index (χ4v) is 2.53.